The van der Waals surface area contributed by atoms with Gasteiger partial charge in [0, 0.05) is 31.8 Å². The Kier molecular flexibility index (Phi) is 6.69. The first-order valence-corrected chi connectivity index (χ1v) is 12.8. The van der Waals surface area contributed by atoms with Gasteiger partial charge < -0.3 is 14.2 Å². The number of hydrogen-bond donors (Lipinski definition) is 0. The number of alkyl halides is 3. The number of hydrogen-bond acceptors (Lipinski definition) is 6. The number of rotatable bonds is 3. The van der Waals surface area contributed by atoms with Gasteiger partial charge in [-0.1, -0.05) is 19.9 Å². The number of fused-ring (bicyclic) bond motifs is 5. The molecule has 6 atom stereocenters. The minimum absolute atomic E-state index is 0.0576. The SMILES string of the molecule is CC(=O)OC1=CC2=CC[C@@H]3[C@H](CC[C@@]4(C)[C@H]3CC[C@]4(C)OC(C)=O)[C@@]2(C)C/C1=C(\OC(C)=O)C(F)(F)F. The molecule has 9 heteroatoms. The van der Waals surface area contributed by atoms with Crippen LogP contribution in [0.2, 0.25) is 0 Å². The Bertz CT molecular complexity index is 1120. The Morgan fingerprint density at radius 1 is 0.946 bits per heavy atom. The van der Waals surface area contributed by atoms with Gasteiger partial charge in [0.2, 0.25) is 5.76 Å². The van der Waals surface area contributed by atoms with Crippen molar-refractivity contribution < 1.29 is 41.8 Å². The average molecular weight is 525 g/mol. The Labute approximate surface area is 215 Å². The summed E-state index contributed by atoms with van der Waals surface area (Å²) in [6.45, 7) is 9.61. The molecule has 0 amide bonds. The minimum atomic E-state index is -4.95. The Morgan fingerprint density at radius 2 is 1.59 bits per heavy atom. The summed E-state index contributed by atoms with van der Waals surface area (Å²) in [5, 5.41) is 0. The smallest absolute Gasteiger partial charge is 0.450 e. The lowest BCUT2D eigenvalue weighted by molar-refractivity contribution is -0.176. The second-order valence-electron chi connectivity index (χ2n) is 11.7. The van der Waals surface area contributed by atoms with Crippen LogP contribution < -0.4 is 0 Å². The van der Waals surface area contributed by atoms with Gasteiger partial charge in [-0.2, -0.15) is 13.2 Å². The van der Waals surface area contributed by atoms with Crippen LogP contribution in [-0.2, 0) is 28.6 Å². The number of esters is 3. The molecule has 2 fully saturated rings. The fourth-order valence-corrected chi connectivity index (χ4v) is 7.84. The normalized spacial score (nSPS) is 38.2. The van der Waals surface area contributed by atoms with E-state index >= 15 is 0 Å². The highest BCUT2D eigenvalue weighted by atomic mass is 19.4. The van der Waals surface area contributed by atoms with E-state index in [4.69, 9.17) is 14.2 Å². The summed E-state index contributed by atoms with van der Waals surface area (Å²) in [5.74, 6) is -3.33. The molecule has 4 aliphatic carbocycles. The van der Waals surface area contributed by atoms with Crippen molar-refractivity contribution in [3.8, 4) is 0 Å². The predicted octanol–water partition coefficient (Wildman–Crippen LogP) is 6.32. The largest absolute Gasteiger partial charge is 0.459 e. The zero-order valence-electron chi connectivity index (χ0n) is 22.2. The van der Waals surface area contributed by atoms with E-state index in [2.05, 4.69) is 6.92 Å². The van der Waals surface area contributed by atoms with Crippen LogP contribution >= 0.6 is 0 Å². The van der Waals surface area contributed by atoms with Crippen molar-refractivity contribution in [2.45, 2.75) is 91.8 Å². The standard InChI is InChI=1S/C28H35F3O6/c1-15(32)35-23-13-18-7-8-19-21(9-11-26(5)22(19)10-12-27(26,6)37-17(3)34)25(18,4)14-20(23)24(28(29,30)31)36-16(2)33/h7,13,19,21-22H,8-12,14H2,1-6H3/b24-20+/t19-,21+,22+,25+,26+,27+/m1/s1. The zero-order valence-corrected chi connectivity index (χ0v) is 22.2. The molecule has 6 nitrogen and oxygen atoms in total. The molecule has 37 heavy (non-hydrogen) atoms. The van der Waals surface area contributed by atoms with Crippen LogP contribution in [0.4, 0.5) is 13.2 Å². The molecule has 4 rings (SSSR count). The van der Waals surface area contributed by atoms with Crippen LogP contribution in [-0.4, -0.2) is 29.7 Å². The summed E-state index contributed by atoms with van der Waals surface area (Å²) in [4.78, 5) is 35.3. The van der Waals surface area contributed by atoms with E-state index in [-0.39, 0.29) is 46.9 Å². The van der Waals surface area contributed by atoms with Crippen LogP contribution in [0.1, 0.15) is 80.1 Å². The summed E-state index contributed by atoms with van der Waals surface area (Å²) < 4.78 is 58.1. The molecule has 0 unspecified atom stereocenters. The van der Waals surface area contributed by atoms with E-state index in [9.17, 15) is 27.6 Å². The fourth-order valence-electron chi connectivity index (χ4n) is 7.84. The van der Waals surface area contributed by atoms with Crippen molar-refractivity contribution in [3.05, 3.63) is 34.8 Å². The molecular formula is C28H35F3O6. The predicted molar refractivity (Wildman–Crippen MR) is 127 cm³/mol. The highest BCUT2D eigenvalue weighted by molar-refractivity contribution is 5.70. The third-order valence-corrected chi connectivity index (χ3v) is 9.58. The molecule has 0 N–H and O–H groups in total. The maximum Gasteiger partial charge on any atom is 0.450 e. The van der Waals surface area contributed by atoms with Crippen molar-refractivity contribution >= 4 is 17.9 Å². The molecule has 4 aliphatic rings. The van der Waals surface area contributed by atoms with Crippen molar-refractivity contribution in [2.24, 2.45) is 28.6 Å². The quantitative estimate of drug-likeness (QED) is 0.244. The van der Waals surface area contributed by atoms with Crippen molar-refractivity contribution in [1.29, 1.82) is 0 Å². The minimum Gasteiger partial charge on any atom is -0.459 e. The number of halogens is 3. The molecule has 0 radical (unpaired) electrons. The zero-order chi connectivity index (χ0) is 27.6. The maximum atomic E-state index is 14.1. The van der Waals surface area contributed by atoms with Gasteiger partial charge in [-0.15, -0.1) is 0 Å². The van der Waals surface area contributed by atoms with Gasteiger partial charge in [-0.05, 0) is 80.3 Å². The van der Waals surface area contributed by atoms with Gasteiger partial charge in [-0.3, -0.25) is 14.4 Å². The molecule has 204 valence electrons. The summed E-state index contributed by atoms with van der Waals surface area (Å²) >= 11 is 0. The van der Waals surface area contributed by atoms with Crippen LogP contribution in [0.5, 0.6) is 0 Å². The van der Waals surface area contributed by atoms with Gasteiger partial charge in [0.25, 0.3) is 0 Å². The van der Waals surface area contributed by atoms with E-state index in [1.807, 2.05) is 19.9 Å². The van der Waals surface area contributed by atoms with E-state index in [0.29, 0.717) is 0 Å². The first-order valence-electron chi connectivity index (χ1n) is 12.8. The first-order chi connectivity index (χ1) is 17.0. The maximum absolute atomic E-state index is 14.1. The van der Waals surface area contributed by atoms with Gasteiger partial charge in [0.15, 0.2) is 0 Å². The van der Waals surface area contributed by atoms with Crippen LogP contribution in [0.15, 0.2) is 34.8 Å². The van der Waals surface area contributed by atoms with Crippen molar-refractivity contribution in [2.75, 3.05) is 0 Å². The third-order valence-electron chi connectivity index (χ3n) is 9.58. The fraction of sp³-hybridized carbons (Fsp3) is 0.679. The van der Waals surface area contributed by atoms with E-state index in [0.717, 1.165) is 51.5 Å². The van der Waals surface area contributed by atoms with Gasteiger partial charge in [0.05, 0.1) is 0 Å². The van der Waals surface area contributed by atoms with Crippen molar-refractivity contribution in [1.82, 2.24) is 0 Å². The Morgan fingerprint density at radius 3 is 2.16 bits per heavy atom. The second kappa shape index (κ2) is 9.02. The molecule has 0 aromatic carbocycles. The molecule has 0 aromatic heterocycles. The van der Waals surface area contributed by atoms with Crippen LogP contribution in [0, 0.1) is 28.6 Å². The molecule has 0 aromatic rings. The molecule has 0 aliphatic heterocycles. The summed E-state index contributed by atoms with van der Waals surface area (Å²) in [6, 6.07) is 0. The van der Waals surface area contributed by atoms with E-state index in [1.165, 1.54) is 13.0 Å². The van der Waals surface area contributed by atoms with Gasteiger partial charge >= 0.3 is 24.1 Å². The molecular weight excluding hydrogens is 489 g/mol. The van der Waals surface area contributed by atoms with Gasteiger partial charge in [0.1, 0.15) is 11.4 Å². The highest BCUT2D eigenvalue weighted by Crippen LogP contribution is 2.68. The highest BCUT2D eigenvalue weighted by Gasteiger charge is 2.64. The summed E-state index contributed by atoms with van der Waals surface area (Å²) in [7, 11) is 0. The second-order valence-corrected chi connectivity index (χ2v) is 11.7. The Hall–Kier alpha value is -2.58. The molecule has 2 saturated carbocycles. The molecule has 0 saturated heterocycles. The lowest BCUT2D eigenvalue weighted by Gasteiger charge is -2.58. The van der Waals surface area contributed by atoms with Crippen LogP contribution in [0.25, 0.3) is 0 Å². The summed E-state index contributed by atoms with van der Waals surface area (Å²) in [5.41, 5.74) is -0.980. The van der Waals surface area contributed by atoms with Crippen LogP contribution in [0.3, 0.4) is 0 Å². The first kappa shape index (κ1) is 27.5. The Balaban J connectivity index is 1.79. The summed E-state index contributed by atoms with van der Waals surface area (Å²) in [6.07, 6.45) is 2.42. The number of allylic oxidation sites excluding steroid dienone is 5. The molecule has 0 bridgehead atoms. The number of carbonyl (C=O) groups is 3. The molecule has 0 heterocycles. The monoisotopic (exact) mass is 524 g/mol. The topological polar surface area (TPSA) is 78.9 Å². The van der Waals surface area contributed by atoms with E-state index < -0.39 is 34.9 Å². The average Bonchev–Trinajstić information content (AvgIpc) is 3.00. The lowest BCUT2D eigenvalue weighted by Crippen LogP contribution is -2.54. The lowest BCUT2D eigenvalue weighted by atomic mass is 9.47. The number of ether oxygens (including phenoxy) is 3. The third kappa shape index (κ3) is 4.52. The van der Waals surface area contributed by atoms with E-state index in [1.54, 1.807) is 0 Å². The molecule has 0 spiro atoms. The van der Waals surface area contributed by atoms with Crippen molar-refractivity contribution in [3.63, 3.8) is 0 Å². The number of carbonyl (C=O) groups excluding carboxylic acids is 3. The van der Waals surface area contributed by atoms with Gasteiger partial charge in [-0.25, -0.2) is 0 Å².